The topological polar surface area (TPSA) is 20.2 Å². The monoisotopic (exact) mass is 110 g/mol. The van der Waals surface area contributed by atoms with Crippen molar-refractivity contribution in [3.05, 3.63) is 17.9 Å². The van der Waals surface area contributed by atoms with Crippen LogP contribution in [-0.2, 0) is 0 Å². The van der Waals surface area contributed by atoms with E-state index in [1.165, 1.54) is 12.8 Å². The maximum absolute atomic E-state index is 8.26. The summed E-state index contributed by atoms with van der Waals surface area (Å²) in [5, 5.41) is 8.26. The van der Waals surface area contributed by atoms with Crippen molar-refractivity contribution in [2.24, 2.45) is 5.92 Å². The molecule has 8 heavy (non-hydrogen) atoms. The van der Waals surface area contributed by atoms with E-state index in [0.29, 0.717) is 0 Å². The number of hydrogen-bond acceptors (Lipinski definition) is 1. The highest BCUT2D eigenvalue weighted by molar-refractivity contribution is 4.95. The molecule has 0 spiro atoms. The van der Waals surface area contributed by atoms with E-state index in [-0.39, 0.29) is 6.61 Å². The average Bonchev–Trinajstić information content (AvgIpc) is 2.51. The predicted molar refractivity (Wildman–Crippen MR) is 32.5 cm³/mol. The lowest BCUT2D eigenvalue weighted by Crippen LogP contribution is -1.66. The van der Waals surface area contributed by atoms with Crippen molar-refractivity contribution in [2.45, 2.75) is 12.8 Å². The maximum Gasteiger partial charge on any atom is 0.0686 e. The van der Waals surface area contributed by atoms with Gasteiger partial charge < -0.3 is 5.11 Å². The van der Waals surface area contributed by atoms with Gasteiger partial charge in [0, 0.05) is 0 Å². The molecule has 0 atom stereocenters. The highest BCUT2D eigenvalue weighted by atomic mass is 16.2. The summed E-state index contributed by atoms with van der Waals surface area (Å²) in [6.07, 6.45) is 6.28. The summed E-state index contributed by atoms with van der Waals surface area (Å²) in [5.41, 5.74) is 2.90. The van der Waals surface area contributed by atoms with Crippen LogP contribution in [-0.4, -0.2) is 11.7 Å². The molecule has 1 aliphatic carbocycles. The Bertz CT molecular complexity index is 116. The smallest absolute Gasteiger partial charge is 0.0686 e. The molecule has 0 aromatic carbocycles. The fraction of sp³-hybridized carbons (Fsp3) is 0.571. The van der Waals surface area contributed by atoms with Gasteiger partial charge in [-0.1, -0.05) is 0 Å². The first-order chi connectivity index (χ1) is 3.93. The molecule has 1 N–H and O–H groups in total. The van der Waals surface area contributed by atoms with Gasteiger partial charge in [0.2, 0.25) is 0 Å². The zero-order valence-electron chi connectivity index (χ0n) is 4.80. The Morgan fingerprint density at radius 1 is 1.62 bits per heavy atom. The molecule has 1 aliphatic rings. The highest BCUT2D eigenvalue weighted by Gasteiger charge is 2.16. The number of hydrogen-bond donors (Lipinski definition) is 1. The summed E-state index contributed by atoms with van der Waals surface area (Å²) in [7, 11) is 0. The van der Waals surface area contributed by atoms with E-state index < -0.39 is 0 Å². The Labute approximate surface area is 49.3 Å². The molecule has 0 radical (unpaired) electrons. The first-order valence-electron chi connectivity index (χ1n) is 2.95. The second kappa shape index (κ2) is 2.71. The highest BCUT2D eigenvalue weighted by Crippen LogP contribution is 2.29. The largest absolute Gasteiger partial charge is 0.392 e. The third-order valence-corrected chi connectivity index (χ3v) is 1.16. The molecule has 0 aromatic rings. The lowest BCUT2D eigenvalue weighted by molar-refractivity contribution is 0.343. The zero-order valence-corrected chi connectivity index (χ0v) is 4.80. The van der Waals surface area contributed by atoms with Gasteiger partial charge in [0.1, 0.15) is 0 Å². The normalized spacial score (nSPS) is 17.1. The van der Waals surface area contributed by atoms with Crippen LogP contribution in [0.4, 0.5) is 0 Å². The molecule has 0 aliphatic heterocycles. The van der Waals surface area contributed by atoms with Crippen LogP contribution in [0.5, 0.6) is 0 Å². The van der Waals surface area contributed by atoms with Crippen molar-refractivity contribution in [1.82, 2.24) is 0 Å². The van der Waals surface area contributed by atoms with Gasteiger partial charge in [0.25, 0.3) is 0 Å². The molecule has 0 amide bonds. The molecule has 1 nitrogen and oxygen atoms in total. The minimum Gasteiger partial charge on any atom is -0.392 e. The van der Waals surface area contributed by atoms with Crippen molar-refractivity contribution in [2.75, 3.05) is 6.61 Å². The van der Waals surface area contributed by atoms with Gasteiger partial charge in [-0.05, 0) is 30.9 Å². The molecule has 1 saturated carbocycles. The second-order valence-corrected chi connectivity index (χ2v) is 2.06. The zero-order chi connectivity index (χ0) is 5.82. The van der Waals surface area contributed by atoms with Crippen molar-refractivity contribution >= 4 is 0 Å². The third-order valence-electron chi connectivity index (χ3n) is 1.16. The minimum absolute atomic E-state index is 0.114. The van der Waals surface area contributed by atoms with Gasteiger partial charge in [-0.2, -0.15) is 0 Å². The molecular formula is C7H10O. The van der Waals surface area contributed by atoms with Crippen LogP contribution in [0, 0.1) is 5.92 Å². The predicted octanol–water partition coefficient (Wildman–Crippen LogP) is 1.10. The summed E-state index contributed by atoms with van der Waals surface area (Å²) in [4.78, 5) is 0. The minimum atomic E-state index is 0.114. The molecule has 0 unspecified atom stereocenters. The van der Waals surface area contributed by atoms with Gasteiger partial charge in [0.15, 0.2) is 0 Å². The Balaban J connectivity index is 2.21. The SMILES string of the molecule is OCC=C=CC1CC1. The van der Waals surface area contributed by atoms with Crippen LogP contribution >= 0.6 is 0 Å². The quantitative estimate of drug-likeness (QED) is 0.528. The molecule has 1 fully saturated rings. The fourth-order valence-corrected chi connectivity index (χ4v) is 0.520. The second-order valence-electron chi connectivity index (χ2n) is 2.06. The Kier molecular flexibility index (Phi) is 1.90. The summed E-state index contributed by atoms with van der Waals surface area (Å²) >= 11 is 0. The van der Waals surface area contributed by atoms with E-state index in [0.717, 1.165) is 5.92 Å². The van der Waals surface area contributed by atoms with Crippen molar-refractivity contribution in [3.63, 3.8) is 0 Å². The molecule has 0 saturated heterocycles. The van der Waals surface area contributed by atoms with Gasteiger partial charge in [0.05, 0.1) is 6.61 Å². The third kappa shape index (κ3) is 1.97. The first kappa shape index (κ1) is 5.61. The van der Waals surface area contributed by atoms with E-state index in [9.17, 15) is 0 Å². The summed E-state index contributed by atoms with van der Waals surface area (Å²) in [6.45, 7) is 0.114. The van der Waals surface area contributed by atoms with Crippen LogP contribution in [0.1, 0.15) is 12.8 Å². The maximum atomic E-state index is 8.26. The van der Waals surface area contributed by atoms with Crippen LogP contribution in [0.3, 0.4) is 0 Å². The standard InChI is InChI=1S/C7H10O/c8-6-2-1-3-7-4-5-7/h2-3,7-8H,4-6H2. The Morgan fingerprint density at radius 2 is 2.38 bits per heavy atom. The van der Waals surface area contributed by atoms with Crippen LogP contribution in [0.25, 0.3) is 0 Å². The number of rotatable bonds is 2. The number of aliphatic hydroxyl groups is 1. The van der Waals surface area contributed by atoms with Crippen molar-refractivity contribution in [1.29, 1.82) is 0 Å². The van der Waals surface area contributed by atoms with Gasteiger partial charge in [-0.25, -0.2) is 0 Å². The Morgan fingerprint density at radius 3 is 2.88 bits per heavy atom. The van der Waals surface area contributed by atoms with Crippen LogP contribution in [0.15, 0.2) is 17.9 Å². The summed E-state index contributed by atoms with van der Waals surface area (Å²) < 4.78 is 0. The summed E-state index contributed by atoms with van der Waals surface area (Å²) in [6, 6.07) is 0. The van der Waals surface area contributed by atoms with Gasteiger partial charge in [-0.3, -0.25) is 0 Å². The summed E-state index contributed by atoms with van der Waals surface area (Å²) in [5.74, 6) is 0.776. The molecule has 0 bridgehead atoms. The lowest BCUT2D eigenvalue weighted by Gasteiger charge is -1.70. The average molecular weight is 110 g/mol. The molecule has 1 heteroatoms. The van der Waals surface area contributed by atoms with Gasteiger partial charge >= 0.3 is 0 Å². The fourth-order valence-electron chi connectivity index (χ4n) is 0.520. The van der Waals surface area contributed by atoms with Gasteiger partial charge in [-0.15, -0.1) is 5.73 Å². The molecule has 1 rings (SSSR count). The van der Waals surface area contributed by atoms with E-state index >= 15 is 0 Å². The molecule has 0 heterocycles. The molecular weight excluding hydrogens is 100 g/mol. The van der Waals surface area contributed by atoms with E-state index in [2.05, 4.69) is 5.73 Å². The number of aliphatic hydroxyl groups excluding tert-OH is 1. The molecule has 0 aromatic heterocycles. The van der Waals surface area contributed by atoms with E-state index in [4.69, 9.17) is 5.11 Å². The van der Waals surface area contributed by atoms with Crippen LogP contribution in [0.2, 0.25) is 0 Å². The first-order valence-corrected chi connectivity index (χ1v) is 2.95. The molecule has 44 valence electrons. The lowest BCUT2D eigenvalue weighted by atomic mass is 10.4. The van der Waals surface area contributed by atoms with Crippen LogP contribution < -0.4 is 0 Å². The van der Waals surface area contributed by atoms with Crippen molar-refractivity contribution in [3.8, 4) is 0 Å². The van der Waals surface area contributed by atoms with E-state index in [1.807, 2.05) is 6.08 Å². The Hall–Kier alpha value is -0.520. The van der Waals surface area contributed by atoms with Crippen molar-refractivity contribution < 1.29 is 5.11 Å². The van der Waals surface area contributed by atoms with E-state index in [1.54, 1.807) is 6.08 Å².